The standard InChI is InChI=1S/C17H15NO2/c1-18(20-2)17(19)16-11-12-7-3-4-8-13(12)14-9-5-6-10-15(14)16/h3-11H,1-2H3. The lowest BCUT2D eigenvalue weighted by atomic mass is 9.97. The van der Waals surface area contributed by atoms with E-state index in [1.165, 1.54) is 12.2 Å². The Kier molecular flexibility index (Phi) is 3.12. The maximum atomic E-state index is 12.4. The van der Waals surface area contributed by atoms with Crippen LogP contribution in [0.25, 0.3) is 21.5 Å². The number of hydroxylamine groups is 2. The summed E-state index contributed by atoms with van der Waals surface area (Å²) in [7, 11) is 3.10. The lowest BCUT2D eigenvalue weighted by Gasteiger charge is -2.16. The Labute approximate surface area is 117 Å². The predicted octanol–water partition coefficient (Wildman–Crippen LogP) is 3.63. The summed E-state index contributed by atoms with van der Waals surface area (Å²) in [5.74, 6) is -0.144. The third kappa shape index (κ3) is 1.92. The van der Waals surface area contributed by atoms with Gasteiger partial charge in [-0.05, 0) is 27.6 Å². The van der Waals surface area contributed by atoms with Crippen molar-refractivity contribution in [3.8, 4) is 0 Å². The van der Waals surface area contributed by atoms with Crippen LogP contribution in [0.3, 0.4) is 0 Å². The number of benzene rings is 3. The van der Waals surface area contributed by atoms with Crippen molar-refractivity contribution in [3.63, 3.8) is 0 Å². The average molecular weight is 265 g/mol. The first-order valence-electron chi connectivity index (χ1n) is 6.45. The average Bonchev–Trinajstić information content (AvgIpc) is 2.52. The SMILES string of the molecule is CON(C)C(=O)c1cc2ccccc2c2ccccc12. The highest BCUT2D eigenvalue weighted by Crippen LogP contribution is 2.29. The Morgan fingerprint density at radius 2 is 1.55 bits per heavy atom. The summed E-state index contributed by atoms with van der Waals surface area (Å²) in [4.78, 5) is 17.4. The summed E-state index contributed by atoms with van der Waals surface area (Å²) in [6.07, 6.45) is 0. The van der Waals surface area contributed by atoms with Crippen molar-refractivity contribution < 1.29 is 9.63 Å². The smallest absolute Gasteiger partial charge is 0.274 e. The summed E-state index contributed by atoms with van der Waals surface area (Å²) < 4.78 is 0. The van der Waals surface area contributed by atoms with Crippen LogP contribution in [0.5, 0.6) is 0 Å². The zero-order valence-corrected chi connectivity index (χ0v) is 11.5. The molecule has 0 aromatic heterocycles. The van der Waals surface area contributed by atoms with E-state index in [9.17, 15) is 4.79 Å². The minimum atomic E-state index is -0.144. The highest BCUT2D eigenvalue weighted by Gasteiger charge is 2.16. The van der Waals surface area contributed by atoms with Crippen LogP contribution < -0.4 is 0 Å². The molecular formula is C17H15NO2. The Hall–Kier alpha value is -2.39. The number of carbonyl (C=O) groups excluding carboxylic acids is 1. The van der Waals surface area contributed by atoms with Crippen LogP contribution in [-0.2, 0) is 4.84 Å². The van der Waals surface area contributed by atoms with Gasteiger partial charge in [-0.25, -0.2) is 5.06 Å². The molecule has 3 nitrogen and oxygen atoms in total. The largest absolute Gasteiger partial charge is 0.277 e. The molecular weight excluding hydrogens is 250 g/mol. The van der Waals surface area contributed by atoms with E-state index >= 15 is 0 Å². The van der Waals surface area contributed by atoms with E-state index in [1.54, 1.807) is 7.05 Å². The van der Waals surface area contributed by atoms with Crippen molar-refractivity contribution in [2.75, 3.05) is 14.2 Å². The van der Waals surface area contributed by atoms with Crippen molar-refractivity contribution in [2.45, 2.75) is 0 Å². The normalized spacial score (nSPS) is 10.9. The van der Waals surface area contributed by atoms with E-state index < -0.39 is 0 Å². The van der Waals surface area contributed by atoms with Crippen molar-refractivity contribution in [1.82, 2.24) is 5.06 Å². The topological polar surface area (TPSA) is 29.5 Å². The van der Waals surface area contributed by atoms with Crippen molar-refractivity contribution in [3.05, 3.63) is 60.2 Å². The van der Waals surface area contributed by atoms with E-state index in [2.05, 4.69) is 6.07 Å². The van der Waals surface area contributed by atoms with Crippen LogP contribution in [0.2, 0.25) is 0 Å². The fraction of sp³-hybridized carbons (Fsp3) is 0.118. The molecule has 0 bridgehead atoms. The Morgan fingerprint density at radius 3 is 2.25 bits per heavy atom. The van der Waals surface area contributed by atoms with E-state index in [1.807, 2.05) is 48.5 Å². The quantitative estimate of drug-likeness (QED) is 0.523. The van der Waals surface area contributed by atoms with Gasteiger partial charge in [0.25, 0.3) is 5.91 Å². The zero-order valence-electron chi connectivity index (χ0n) is 11.5. The molecule has 0 aliphatic rings. The molecule has 0 radical (unpaired) electrons. The molecule has 0 atom stereocenters. The second-order valence-corrected chi connectivity index (χ2v) is 4.68. The number of hydrogen-bond acceptors (Lipinski definition) is 2. The third-order valence-corrected chi connectivity index (χ3v) is 3.56. The Balaban J connectivity index is 2.37. The van der Waals surface area contributed by atoms with Crippen molar-refractivity contribution in [2.24, 2.45) is 0 Å². The van der Waals surface area contributed by atoms with Crippen molar-refractivity contribution in [1.29, 1.82) is 0 Å². The number of rotatable bonds is 2. The number of nitrogens with zero attached hydrogens (tertiary/aromatic N) is 1. The maximum absolute atomic E-state index is 12.4. The van der Waals surface area contributed by atoms with Gasteiger partial charge in [0.05, 0.1) is 12.7 Å². The maximum Gasteiger partial charge on any atom is 0.277 e. The van der Waals surface area contributed by atoms with E-state index in [-0.39, 0.29) is 5.91 Å². The lowest BCUT2D eigenvalue weighted by molar-refractivity contribution is -0.0755. The molecule has 3 aromatic rings. The van der Waals surface area contributed by atoms with Gasteiger partial charge < -0.3 is 0 Å². The minimum Gasteiger partial charge on any atom is -0.274 e. The first-order valence-corrected chi connectivity index (χ1v) is 6.45. The number of amides is 1. The van der Waals surface area contributed by atoms with E-state index in [4.69, 9.17) is 4.84 Å². The summed E-state index contributed by atoms with van der Waals surface area (Å²) in [6, 6.07) is 18.0. The molecule has 0 saturated heterocycles. The zero-order chi connectivity index (χ0) is 14.1. The second-order valence-electron chi connectivity index (χ2n) is 4.68. The van der Waals surface area contributed by atoms with Gasteiger partial charge >= 0.3 is 0 Å². The molecule has 0 aliphatic heterocycles. The van der Waals surface area contributed by atoms with E-state index in [0.717, 1.165) is 21.5 Å². The second kappa shape index (κ2) is 4.94. The molecule has 3 aromatic carbocycles. The molecule has 3 rings (SSSR count). The van der Waals surface area contributed by atoms with Crippen LogP contribution >= 0.6 is 0 Å². The van der Waals surface area contributed by atoms with Gasteiger partial charge in [-0.1, -0.05) is 48.5 Å². The van der Waals surface area contributed by atoms with Crippen LogP contribution in [0, 0.1) is 0 Å². The van der Waals surface area contributed by atoms with Gasteiger partial charge in [0.2, 0.25) is 0 Å². The molecule has 0 spiro atoms. The van der Waals surface area contributed by atoms with Gasteiger partial charge in [0, 0.05) is 7.05 Å². The molecule has 1 amide bonds. The molecule has 0 aliphatic carbocycles. The number of hydrogen-bond donors (Lipinski definition) is 0. The first kappa shape index (κ1) is 12.6. The minimum absolute atomic E-state index is 0.144. The Morgan fingerprint density at radius 1 is 0.950 bits per heavy atom. The van der Waals surface area contributed by atoms with Crippen LogP contribution in [-0.4, -0.2) is 25.1 Å². The van der Waals surface area contributed by atoms with Gasteiger partial charge in [0.15, 0.2) is 0 Å². The molecule has 0 saturated carbocycles. The van der Waals surface area contributed by atoms with Crippen molar-refractivity contribution >= 4 is 27.5 Å². The van der Waals surface area contributed by atoms with Gasteiger partial charge in [-0.3, -0.25) is 9.63 Å². The summed E-state index contributed by atoms with van der Waals surface area (Å²) in [6.45, 7) is 0. The summed E-state index contributed by atoms with van der Waals surface area (Å²) in [5.41, 5.74) is 0.656. The third-order valence-electron chi connectivity index (χ3n) is 3.56. The highest BCUT2D eigenvalue weighted by atomic mass is 16.7. The molecule has 0 fully saturated rings. The summed E-state index contributed by atoms with van der Waals surface area (Å²) >= 11 is 0. The van der Waals surface area contributed by atoms with Crippen LogP contribution in [0.4, 0.5) is 0 Å². The Bertz CT molecular complexity index is 795. The number of fused-ring (bicyclic) bond motifs is 3. The van der Waals surface area contributed by atoms with Crippen LogP contribution in [0.15, 0.2) is 54.6 Å². The summed E-state index contributed by atoms with van der Waals surface area (Å²) in [5, 5.41) is 5.48. The molecule has 0 unspecified atom stereocenters. The number of carbonyl (C=O) groups is 1. The highest BCUT2D eigenvalue weighted by molar-refractivity contribution is 6.16. The van der Waals surface area contributed by atoms with E-state index in [0.29, 0.717) is 5.56 Å². The fourth-order valence-corrected chi connectivity index (χ4v) is 2.48. The molecule has 3 heteroatoms. The predicted molar refractivity (Wildman–Crippen MR) is 80.6 cm³/mol. The van der Waals surface area contributed by atoms with Gasteiger partial charge in [0.1, 0.15) is 0 Å². The molecule has 20 heavy (non-hydrogen) atoms. The fourth-order valence-electron chi connectivity index (χ4n) is 2.48. The lowest BCUT2D eigenvalue weighted by Crippen LogP contribution is -2.25. The molecule has 100 valence electrons. The molecule has 0 N–H and O–H groups in total. The monoisotopic (exact) mass is 265 g/mol. The first-order chi connectivity index (χ1) is 9.72. The molecule has 0 heterocycles. The van der Waals surface area contributed by atoms with Gasteiger partial charge in [-0.2, -0.15) is 0 Å². The van der Waals surface area contributed by atoms with Gasteiger partial charge in [-0.15, -0.1) is 0 Å². The van der Waals surface area contributed by atoms with Crippen LogP contribution in [0.1, 0.15) is 10.4 Å².